The van der Waals surface area contributed by atoms with E-state index in [0.717, 1.165) is 49.2 Å². The summed E-state index contributed by atoms with van der Waals surface area (Å²) in [6, 6.07) is 16.4. The summed E-state index contributed by atoms with van der Waals surface area (Å²) in [5, 5.41) is 5.24. The minimum Gasteiger partial charge on any atom is -0.271 e. The van der Waals surface area contributed by atoms with E-state index in [1.54, 1.807) is 23.1 Å². The molecule has 0 bridgehead atoms. The third kappa shape index (κ3) is 2.49. The van der Waals surface area contributed by atoms with Crippen LogP contribution in [0, 0.1) is 6.92 Å². The van der Waals surface area contributed by atoms with Crippen LogP contribution in [0.1, 0.15) is 10.7 Å². The van der Waals surface area contributed by atoms with Crippen LogP contribution >= 0.6 is 23.1 Å². The van der Waals surface area contributed by atoms with Crippen molar-refractivity contribution in [2.75, 3.05) is 0 Å². The van der Waals surface area contributed by atoms with Crippen molar-refractivity contribution < 1.29 is 0 Å². The van der Waals surface area contributed by atoms with Gasteiger partial charge in [0.05, 0.1) is 27.3 Å². The third-order valence-corrected chi connectivity index (χ3v) is 5.92. The molecule has 5 aromatic rings. The summed E-state index contributed by atoms with van der Waals surface area (Å²) in [5.41, 5.74) is 5.12. The second kappa shape index (κ2) is 5.82. The van der Waals surface area contributed by atoms with Crippen molar-refractivity contribution in [3.8, 4) is 0 Å². The number of thioether (sulfide) groups is 1. The molecule has 0 saturated heterocycles. The van der Waals surface area contributed by atoms with E-state index in [1.165, 1.54) is 0 Å². The molecule has 0 N–H and O–H groups in total. The van der Waals surface area contributed by atoms with Gasteiger partial charge >= 0.3 is 0 Å². The third-order valence-electron chi connectivity index (χ3n) is 4.13. The Morgan fingerprint density at radius 2 is 1.76 bits per heavy atom. The fourth-order valence-corrected chi connectivity index (χ4v) is 4.64. The predicted octanol–water partition coefficient (Wildman–Crippen LogP) is 5.09. The summed E-state index contributed by atoms with van der Waals surface area (Å²) in [7, 11) is 0. The highest BCUT2D eigenvalue weighted by Gasteiger charge is 2.14. The smallest absolute Gasteiger partial charge is 0.175 e. The van der Waals surface area contributed by atoms with Crippen LogP contribution in [0.25, 0.3) is 27.6 Å². The minimum absolute atomic E-state index is 0.803. The molecule has 25 heavy (non-hydrogen) atoms. The first-order chi connectivity index (χ1) is 12.3. The number of thiazole rings is 1. The van der Waals surface area contributed by atoms with Gasteiger partial charge in [0.25, 0.3) is 0 Å². The molecule has 0 aliphatic heterocycles. The van der Waals surface area contributed by atoms with Gasteiger partial charge in [-0.25, -0.2) is 15.0 Å². The van der Waals surface area contributed by atoms with Gasteiger partial charge in [0.15, 0.2) is 5.16 Å². The average Bonchev–Trinajstić information content (AvgIpc) is 3.23. The van der Waals surface area contributed by atoms with Crippen LogP contribution in [0.5, 0.6) is 0 Å². The molecule has 0 unspecified atom stereocenters. The summed E-state index contributed by atoms with van der Waals surface area (Å²) in [6.07, 6.45) is 0. The lowest BCUT2D eigenvalue weighted by Gasteiger charge is -2.07. The Bertz CT molecular complexity index is 1220. The molecule has 0 radical (unpaired) electrons. The zero-order chi connectivity index (χ0) is 16.8. The summed E-state index contributed by atoms with van der Waals surface area (Å²) in [5.74, 6) is 0.803. The molecule has 0 aliphatic carbocycles. The molecule has 3 heterocycles. The first kappa shape index (κ1) is 14.9. The fourth-order valence-electron chi connectivity index (χ4n) is 3.02. The number of nitrogens with zero attached hydrogens (tertiary/aromatic N) is 4. The van der Waals surface area contributed by atoms with Gasteiger partial charge in [0.1, 0.15) is 5.65 Å². The van der Waals surface area contributed by atoms with Gasteiger partial charge in [-0.2, -0.15) is 0 Å². The molecule has 122 valence electrons. The van der Waals surface area contributed by atoms with E-state index >= 15 is 0 Å². The lowest BCUT2D eigenvalue weighted by atomic mass is 10.2. The first-order valence-electron chi connectivity index (χ1n) is 7.99. The summed E-state index contributed by atoms with van der Waals surface area (Å²) in [4.78, 5) is 14.3. The van der Waals surface area contributed by atoms with Crippen molar-refractivity contribution in [3.63, 3.8) is 0 Å². The van der Waals surface area contributed by atoms with Gasteiger partial charge in [-0.15, -0.1) is 11.3 Å². The quantitative estimate of drug-likeness (QED) is 0.331. The number of aryl methyl sites for hydroxylation is 1. The maximum Gasteiger partial charge on any atom is 0.175 e. The predicted molar refractivity (Wildman–Crippen MR) is 104 cm³/mol. The van der Waals surface area contributed by atoms with Gasteiger partial charge < -0.3 is 0 Å². The molecule has 0 fully saturated rings. The molecule has 5 rings (SSSR count). The van der Waals surface area contributed by atoms with Crippen molar-refractivity contribution in [1.82, 2.24) is 19.4 Å². The molecule has 0 saturated carbocycles. The zero-order valence-corrected chi connectivity index (χ0v) is 15.1. The molecule has 4 nitrogen and oxygen atoms in total. The van der Waals surface area contributed by atoms with Gasteiger partial charge in [-0.3, -0.25) is 4.40 Å². The van der Waals surface area contributed by atoms with Crippen LogP contribution in [0.2, 0.25) is 0 Å². The van der Waals surface area contributed by atoms with Crippen molar-refractivity contribution in [2.24, 2.45) is 0 Å². The summed E-state index contributed by atoms with van der Waals surface area (Å²) < 4.78 is 2.17. The van der Waals surface area contributed by atoms with Crippen molar-refractivity contribution in [2.45, 2.75) is 17.8 Å². The van der Waals surface area contributed by atoms with Gasteiger partial charge in [-0.05, 0) is 31.2 Å². The number of para-hydroxylation sites is 3. The number of imidazole rings is 1. The SMILES string of the molecule is Cc1nc(CSc2nc3ccccc3c3nc4ccccc4n23)cs1. The molecule has 0 aliphatic rings. The topological polar surface area (TPSA) is 43.1 Å². The maximum absolute atomic E-state index is 4.91. The van der Waals surface area contributed by atoms with Crippen LogP contribution in [-0.2, 0) is 5.75 Å². The molecule has 0 atom stereocenters. The largest absolute Gasteiger partial charge is 0.271 e. The Kier molecular flexibility index (Phi) is 3.46. The van der Waals surface area contributed by atoms with Crippen LogP contribution in [-0.4, -0.2) is 19.4 Å². The lowest BCUT2D eigenvalue weighted by Crippen LogP contribution is -1.97. The average molecular weight is 362 g/mol. The Hall–Kier alpha value is -2.44. The van der Waals surface area contributed by atoms with Gasteiger partial charge in [0, 0.05) is 16.5 Å². The Morgan fingerprint density at radius 1 is 0.960 bits per heavy atom. The number of rotatable bonds is 3. The summed E-state index contributed by atoms with van der Waals surface area (Å²) >= 11 is 3.39. The standard InChI is InChI=1S/C19H14N4S2/c1-12-20-13(10-24-12)11-25-19-22-15-7-3-2-6-14(15)18-21-16-8-4-5-9-17(16)23(18)19/h2-10H,11H2,1H3. The van der Waals surface area contributed by atoms with E-state index in [9.17, 15) is 0 Å². The summed E-state index contributed by atoms with van der Waals surface area (Å²) in [6.45, 7) is 2.04. The van der Waals surface area contributed by atoms with Crippen molar-refractivity contribution >= 4 is 50.7 Å². The monoisotopic (exact) mass is 362 g/mol. The molecule has 0 amide bonds. The number of aromatic nitrogens is 4. The highest BCUT2D eigenvalue weighted by Crippen LogP contribution is 2.30. The van der Waals surface area contributed by atoms with Crippen LogP contribution in [0.3, 0.4) is 0 Å². The molecular formula is C19H14N4S2. The van der Waals surface area contributed by atoms with Gasteiger partial charge in [0.2, 0.25) is 0 Å². The Balaban J connectivity index is 1.74. The number of fused-ring (bicyclic) bond motifs is 5. The normalized spacial score (nSPS) is 11.7. The van der Waals surface area contributed by atoms with E-state index in [1.807, 2.05) is 37.3 Å². The maximum atomic E-state index is 4.91. The van der Waals surface area contributed by atoms with Gasteiger partial charge in [-0.1, -0.05) is 36.0 Å². The lowest BCUT2D eigenvalue weighted by molar-refractivity contribution is 0.951. The Labute approximate surface area is 152 Å². The molecular weight excluding hydrogens is 348 g/mol. The van der Waals surface area contributed by atoms with Crippen LogP contribution < -0.4 is 0 Å². The van der Waals surface area contributed by atoms with E-state index in [2.05, 4.69) is 33.0 Å². The number of benzene rings is 2. The van der Waals surface area contributed by atoms with E-state index in [4.69, 9.17) is 9.97 Å². The molecule has 0 spiro atoms. The van der Waals surface area contributed by atoms with Crippen molar-refractivity contribution in [1.29, 1.82) is 0 Å². The van der Waals surface area contributed by atoms with E-state index in [0.29, 0.717) is 0 Å². The van der Waals surface area contributed by atoms with Crippen molar-refractivity contribution in [3.05, 3.63) is 64.6 Å². The highest BCUT2D eigenvalue weighted by atomic mass is 32.2. The molecule has 3 aromatic heterocycles. The first-order valence-corrected chi connectivity index (χ1v) is 9.86. The second-order valence-electron chi connectivity index (χ2n) is 5.82. The molecule has 2 aromatic carbocycles. The highest BCUT2D eigenvalue weighted by molar-refractivity contribution is 7.98. The number of hydrogen-bond donors (Lipinski definition) is 0. The number of hydrogen-bond acceptors (Lipinski definition) is 5. The second-order valence-corrected chi connectivity index (χ2v) is 7.82. The molecule has 6 heteroatoms. The zero-order valence-electron chi connectivity index (χ0n) is 13.5. The fraction of sp³-hybridized carbons (Fsp3) is 0.105. The Morgan fingerprint density at radius 3 is 2.60 bits per heavy atom. The van der Waals surface area contributed by atoms with Crippen LogP contribution in [0.15, 0.2) is 59.1 Å². The van der Waals surface area contributed by atoms with E-state index < -0.39 is 0 Å². The van der Waals surface area contributed by atoms with Crippen LogP contribution in [0.4, 0.5) is 0 Å². The van der Waals surface area contributed by atoms with E-state index in [-0.39, 0.29) is 0 Å². The minimum atomic E-state index is 0.803.